The molecule has 1 heterocycles. The Kier molecular flexibility index (Phi) is 4.94. The van der Waals surface area contributed by atoms with Crippen LogP contribution < -0.4 is 5.32 Å². The second-order valence-electron chi connectivity index (χ2n) is 5.02. The quantitative estimate of drug-likeness (QED) is 0.813. The van der Waals surface area contributed by atoms with E-state index < -0.39 is 17.8 Å². The Balaban J connectivity index is 1.73. The zero-order chi connectivity index (χ0) is 17.3. The second-order valence-corrected chi connectivity index (χ2v) is 6.22. The zero-order valence-corrected chi connectivity index (χ0v) is 14.3. The van der Waals surface area contributed by atoms with Crippen molar-refractivity contribution in [3.05, 3.63) is 62.8 Å². The van der Waals surface area contributed by atoms with Gasteiger partial charge in [-0.2, -0.15) is 0 Å². The molecule has 1 aliphatic rings. The fourth-order valence-corrected chi connectivity index (χ4v) is 2.87. The summed E-state index contributed by atoms with van der Waals surface area (Å²) in [5, 5.41) is 7.15. The largest absolute Gasteiger partial charge is 0.382 e. The molecule has 3 rings (SSSR count). The first-order chi connectivity index (χ1) is 11.5. The van der Waals surface area contributed by atoms with Crippen LogP contribution in [0.2, 0.25) is 15.1 Å². The number of anilines is 1. The monoisotopic (exact) mass is 386 g/mol. The molecule has 4 nitrogen and oxygen atoms in total. The lowest BCUT2D eigenvalue weighted by Gasteiger charge is -2.11. The Morgan fingerprint density at radius 1 is 1.17 bits per heavy atom. The summed E-state index contributed by atoms with van der Waals surface area (Å²) in [5.74, 6) is -0.992. The molecule has 0 aliphatic carbocycles. The molecule has 24 heavy (non-hydrogen) atoms. The van der Waals surface area contributed by atoms with Gasteiger partial charge in [-0.3, -0.25) is 4.79 Å². The molecule has 1 unspecified atom stereocenters. The van der Waals surface area contributed by atoms with Gasteiger partial charge in [0.05, 0.1) is 32.0 Å². The average Bonchev–Trinajstić information content (AvgIpc) is 3.01. The van der Waals surface area contributed by atoms with Crippen LogP contribution in [0.4, 0.5) is 10.1 Å². The first-order valence-electron chi connectivity index (χ1n) is 6.89. The number of halogens is 4. The number of hydrogen-bond donors (Lipinski definition) is 1. The van der Waals surface area contributed by atoms with Crippen molar-refractivity contribution in [3.8, 4) is 0 Å². The Labute approximate surface area is 152 Å². The number of hydrogen-bond acceptors (Lipinski definition) is 3. The van der Waals surface area contributed by atoms with Crippen molar-refractivity contribution in [2.75, 3.05) is 5.32 Å². The Morgan fingerprint density at radius 2 is 1.88 bits per heavy atom. The minimum Gasteiger partial charge on any atom is -0.382 e. The van der Waals surface area contributed by atoms with Crippen LogP contribution >= 0.6 is 34.8 Å². The number of rotatable bonds is 3. The molecule has 0 aromatic heterocycles. The van der Waals surface area contributed by atoms with Crippen molar-refractivity contribution in [1.29, 1.82) is 0 Å². The van der Waals surface area contributed by atoms with E-state index in [1.165, 1.54) is 12.1 Å². The van der Waals surface area contributed by atoms with E-state index in [9.17, 15) is 9.18 Å². The molecule has 2 aromatic carbocycles. The van der Waals surface area contributed by atoms with E-state index in [1.54, 1.807) is 24.3 Å². The number of oxime groups is 1. The van der Waals surface area contributed by atoms with E-state index in [2.05, 4.69) is 10.5 Å². The van der Waals surface area contributed by atoms with Gasteiger partial charge in [0.15, 0.2) is 0 Å². The van der Waals surface area contributed by atoms with Crippen LogP contribution in [0.1, 0.15) is 12.0 Å². The molecule has 0 radical (unpaired) electrons. The Bertz CT molecular complexity index is 822. The van der Waals surface area contributed by atoms with Gasteiger partial charge >= 0.3 is 0 Å². The summed E-state index contributed by atoms with van der Waals surface area (Å²) in [6.45, 7) is 0. The highest BCUT2D eigenvalue weighted by atomic mass is 35.5. The summed E-state index contributed by atoms with van der Waals surface area (Å²) in [6, 6.07) is 9.16. The lowest BCUT2D eigenvalue weighted by molar-refractivity contribution is -0.125. The van der Waals surface area contributed by atoms with Gasteiger partial charge in [0.25, 0.3) is 5.91 Å². The molecule has 0 saturated carbocycles. The number of nitrogens with zero attached hydrogens (tertiary/aromatic N) is 1. The molecule has 2 aromatic rings. The van der Waals surface area contributed by atoms with Crippen LogP contribution in [-0.4, -0.2) is 17.7 Å². The van der Waals surface area contributed by atoms with Gasteiger partial charge in [0.1, 0.15) is 5.82 Å². The predicted octanol–water partition coefficient (Wildman–Crippen LogP) is 4.92. The van der Waals surface area contributed by atoms with Crippen molar-refractivity contribution in [3.63, 3.8) is 0 Å². The summed E-state index contributed by atoms with van der Waals surface area (Å²) < 4.78 is 13.9. The minimum absolute atomic E-state index is 0.0880. The van der Waals surface area contributed by atoms with E-state index in [4.69, 9.17) is 39.6 Å². The molecule has 0 bridgehead atoms. The Morgan fingerprint density at radius 3 is 2.62 bits per heavy atom. The topological polar surface area (TPSA) is 50.7 Å². The number of benzene rings is 2. The fourth-order valence-electron chi connectivity index (χ4n) is 2.25. The van der Waals surface area contributed by atoms with Crippen molar-refractivity contribution >= 4 is 52.1 Å². The molecule has 1 atom stereocenters. The summed E-state index contributed by atoms with van der Waals surface area (Å²) in [6.07, 6.45) is -0.823. The summed E-state index contributed by atoms with van der Waals surface area (Å²) in [4.78, 5) is 17.4. The molecule has 1 amide bonds. The van der Waals surface area contributed by atoms with E-state index >= 15 is 0 Å². The van der Waals surface area contributed by atoms with Gasteiger partial charge < -0.3 is 10.2 Å². The lowest BCUT2D eigenvalue weighted by atomic mass is 10.0. The number of carbonyl (C=O) groups excluding carboxylic acids is 1. The highest BCUT2D eigenvalue weighted by Gasteiger charge is 2.31. The fraction of sp³-hybridized carbons (Fsp3) is 0.125. The molecule has 0 saturated heterocycles. The van der Waals surface area contributed by atoms with Gasteiger partial charge in [0.2, 0.25) is 6.10 Å². The van der Waals surface area contributed by atoms with Crippen LogP contribution in [0.3, 0.4) is 0 Å². The van der Waals surface area contributed by atoms with Crippen molar-refractivity contribution in [2.45, 2.75) is 12.5 Å². The lowest BCUT2D eigenvalue weighted by Crippen LogP contribution is -2.28. The molecule has 1 N–H and O–H groups in total. The van der Waals surface area contributed by atoms with Crippen LogP contribution in [0, 0.1) is 5.82 Å². The third-order valence-corrected chi connectivity index (χ3v) is 4.56. The van der Waals surface area contributed by atoms with Gasteiger partial charge in [-0.25, -0.2) is 4.39 Å². The maximum absolute atomic E-state index is 13.9. The zero-order valence-electron chi connectivity index (χ0n) is 12.0. The predicted molar refractivity (Wildman–Crippen MR) is 92.5 cm³/mol. The summed E-state index contributed by atoms with van der Waals surface area (Å²) in [5.41, 5.74) is 0.765. The summed E-state index contributed by atoms with van der Waals surface area (Å²) >= 11 is 17.9. The van der Waals surface area contributed by atoms with Gasteiger partial charge in [-0.15, -0.1) is 0 Å². The number of amides is 1. The molecule has 0 fully saturated rings. The minimum atomic E-state index is -0.911. The average molecular weight is 388 g/mol. The first kappa shape index (κ1) is 17.0. The summed E-state index contributed by atoms with van der Waals surface area (Å²) in [7, 11) is 0. The molecule has 1 aliphatic heterocycles. The van der Waals surface area contributed by atoms with E-state index in [0.29, 0.717) is 10.7 Å². The highest BCUT2D eigenvalue weighted by Crippen LogP contribution is 2.30. The van der Waals surface area contributed by atoms with E-state index in [-0.39, 0.29) is 27.7 Å². The van der Waals surface area contributed by atoms with Crippen molar-refractivity contribution in [2.24, 2.45) is 5.16 Å². The highest BCUT2D eigenvalue weighted by molar-refractivity contribution is 6.44. The third kappa shape index (κ3) is 3.34. The molecular weight excluding hydrogens is 378 g/mol. The molecule has 124 valence electrons. The SMILES string of the molecule is O=C(Nc1cccc(Cl)c1Cl)C1CC(c2c(F)cccc2Cl)=NO1. The van der Waals surface area contributed by atoms with Gasteiger partial charge in [-0.05, 0) is 24.3 Å². The maximum atomic E-state index is 13.9. The van der Waals surface area contributed by atoms with Crippen LogP contribution in [0.15, 0.2) is 41.6 Å². The Hall–Kier alpha value is -1.82. The standard InChI is InChI=1S/C16H10Cl3FN2O2/c17-8-3-1-5-10(20)14(8)12-7-13(24-22-12)16(23)21-11-6-2-4-9(18)15(11)19/h1-6,13H,7H2,(H,21,23). The van der Waals surface area contributed by atoms with Crippen LogP contribution in [-0.2, 0) is 9.63 Å². The smallest absolute Gasteiger partial charge is 0.268 e. The molecule has 0 spiro atoms. The number of carbonyl (C=O) groups is 1. The van der Waals surface area contributed by atoms with E-state index in [0.717, 1.165) is 0 Å². The molecule has 8 heteroatoms. The van der Waals surface area contributed by atoms with Crippen LogP contribution in [0.5, 0.6) is 0 Å². The maximum Gasteiger partial charge on any atom is 0.268 e. The molecular formula is C16H10Cl3FN2O2. The third-order valence-electron chi connectivity index (χ3n) is 3.42. The second kappa shape index (κ2) is 6.97. The van der Waals surface area contributed by atoms with Crippen LogP contribution in [0.25, 0.3) is 0 Å². The van der Waals surface area contributed by atoms with Crippen molar-refractivity contribution < 1.29 is 14.0 Å². The van der Waals surface area contributed by atoms with Crippen molar-refractivity contribution in [1.82, 2.24) is 0 Å². The first-order valence-corrected chi connectivity index (χ1v) is 8.02. The number of nitrogens with one attached hydrogen (secondary N) is 1. The van der Waals surface area contributed by atoms with E-state index in [1.807, 2.05) is 0 Å². The van der Waals surface area contributed by atoms with Gasteiger partial charge in [-0.1, -0.05) is 52.1 Å². The normalized spacial score (nSPS) is 16.5. The van der Waals surface area contributed by atoms with Gasteiger partial charge in [0, 0.05) is 6.42 Å².